The third-order valence-electron chi connectivity index (χ3n) is 1.69. The van der Waals surface area contributed by atoms with Gasteiger partial charge >= 0.3 is 6.18 Å². The van der Waals surface area contributed by atoms with E-state index in [0.717, 1.165) is 12.1 Å². The Morgan fingerprint density at radius 3 is 2.33 bits per heavy atom. The third-order valence-corrected chi connectivity index (χ3v) is 1.69. The molecule has 1 aromatic carbocycles. The summed E-state index contributed by atoms with van der Waals surface area (Å²) in [6.07, 6.45) is -2.83. The molecule has 5 heteroatoms. The molecular formula is C10H10F3NO. The fourth-order valence-corrected chi connectivity index (χ4v) is 0.976. The third kappa shape index (κ3) is 3.61. The van der Waals surface area contributed by atoms with Crippen molar-refractivity contribution in [3.8, 4) is 0 Å². The molecule has 0 amide bonds. The van der Waals surface area contributed by atoms with Crippen LogP contribution in [-0.4, -0.2) is 6.21 Å². The number of alkyl halides is 3. The molecule has 0 radical (unpaired) electrons. The van der Waals surface area contributed by atoms with Crippen molar-refractivity contribution in [2.75, 3.05) is 0 Å². The normalized spacial score (nSPS) is 12.0. The Bertz CT molecular complexity index is 330. The van der Waals surface area contributed by atoms with Gasteiger partial charge in [0.2, 0.25) is 0 Å². The van der Waals surface area contributed by atoms with Crippen LogP contribution in [0.2, 0.25) is 0 Å². The molecule has 1 aromatic rings. The smallest absolute Gasteiger partial charge is 0.391 e. The fourth-order valence-electron chi connectivity index (χ4n) is 0.976. The fraction of sp³-hybridized carbons (Fsp3) is 0.300. The molecule has 0 aromatic heterocycles. The van der Waals surface area contributed by atoms with E-state index in [9.17, 15) is 13.2 Å². The largest absolute Gasteiger partial charge is 0.416 e. The van der Waals surface area contributed by atoms with Crippen LogP contribution in [0.15, 0.2) is 29.4 Å². The lowest BCUT2D eigenvalue weighted by atomic mass is 10.1. The van der Waals surface area contributed by atoms with Gasteiger partial charge in [-0.3, -0.25) is 0 Å². The molecule has 82 valence electrons. The van der Waals surface area contributed by atoms with Gasteiger partial charge in [-0.05, 0) is 24.6 Å². The molecule has 0 unspecified atom stereocenters. The van der Waals surface area contributed by atoms with Gasteiger partial charge in [0.25, 0.3) is 0 Å². The highest BCUT2D eigenvalue weighted by atomic mass is 19.4. The van der Waals surface area contributed by atoms with E-state index in [-0.39, 0.29) is 6.61 Å². The lowest BCUT2D eigenvalue weighted by molar-refractivity contribution is -0.137. The highest BCUT2D eigenvalue weighted by Gasteiger charge is 2.29. The van der Waals surface area contributed by atoms with Crippen molar-refractivity contribution < 1.29 is 18.0 Å². The first-order valence-corrected chi connectivity index (χ1v) is 4.30. The second-order valence-electron chi connectivity index (χ2n) is 2.83. The molecule has 0 aliphatic heterocycles. The van der Waals surface area contributed by atoms with Gasteiger partial charge in [-0.25, -0.2) is 0 Å². The van der Waals surface area contributed by atoms with Gasteiger partial charge in [0.1, 0.15) is 6.61 Å². The number of halogens is 3. The van der Waals surface area contributed by atoms with Crippen molar-refractivity contribution in [3.05, 3.63) is 35.4 Å². The molecule has 2 nitrogen and oxygen atoms in total. The van der Waals surface area contributed by atoms with E-state index in [1.165, 1.54) is 18.3 Å². The number of hydrogen-bond donors (Lipinski definition) is 0. The maximum Gasteiger partial charge on any atom is 0.416 e. The number of rotatable bonds is 3. The lowest BCUT2D eigenvalue weighted by Crippen LogP contribution is -2.04. The van der Waals surface area contributed by atoms with Crippen molar-refractivity contribution in [1.82, 2.24) is 0 Å². The number of hydrogen-bond acceptors (Lipinski definition) is 2. The molecular weight excluding hydrogens is 207 g/mol. The van der Waals surface area contributed by atoms with Crippen LogP contribution in [-0.2, 0) is 17.6 Å². The van der Waals surface area contributed by atoms with Crippen LogP contribution in [0.1, 0.15) is 18.1 Å². The summed E-state index contributed by atoms with van der Waals surface area (Å²) in [7, 11) is 0. The summed E-state index contributed by atoms with van der Waals surface area (Å²) in [5.74, 6) is 0. The van der Waals surface area contributed by atoms with Crippen molar-refractivity contribution >= 4 is 6.21 Å². The quantitative estimate of drug-likeness (QED) is 0.562. The second kappa shape index (κ2) is 4.82. The van der Waals surface area contributed by atoms with Gasteiger partial charge in [0.15, 0.2) is 0 Å². The van der Waals surface area contributed by atoms with E-state index in [4.69, 9.17) is 4.84 Å². The maximum absolute atomic E-state index is 12.2. The summed E-state index contributed by atoms with van der Waals surface area (Å²) in [5, 5.41) is 3.49. The zero-order valence-electron chi connectivity index (χ0n) is 8.08. The molecule has 0 saturated heterocycles. The van der Waals surface area contributed by atoms with Crippen molar-refractivity contribution in [3.63, 3.8) is 0 Å². The highest BCUT2D eigenvalue weighted by Crippen LogP contribution is 2.29. The van der Waals surface area contributed by atoms with Gasteiger partial charge in [-0.1, -0.05) is 17.3 Å². The molecule has 0 spiro atoms. The number of benzene rings is 1. The van der Waals surface area contributed by atoms with E-state index in [1.807, 2.05) is 0 Å². The van der Waals surface area contributed by atoms with Crippen molar-refractivity contribution in [1.29, 1.82) is 0 Å². The predicted molar refractivity (Wildman–Crippen MR) is 50.4 cm³/mol. The number of nitrogens with zero attached hydrogens (tertiary/aromatic N) is 1. The SMILES string of the molecule is CC=NOCc1ccc(C(F)(F)F)cc1. The minimum absolute atomic E-state index is 0.169. The van der Waals surface area contributed by atoms with Crippen LogP contribution in [0.3, 0.4) is 0 Å². The summed E-state index contributed by atoms with van der Waals surface area (Å²) < 4.78 is 36.5. The van der Waals surface area contributed by atoms with Gasteiger partial charge < -0.3 is 4.84 Å². The molecule has 0 saturated carbocycles. The predicted octanol–water partition coefficient (Wildman–Crippen LogP) is 3.23. The summed E-state index contributed by atoms with van der Waals surface area (Å²) in [6.45, 7) is 1.86. The molecule has 0 aliphatic rings. The zero-order chi connectivity index (χ0) is 11.3. The molecule has 15 heavy (non-hydrogen) atoms. The Morgan fingerprint density at radius 1 is 1.27 bits per heavy atom. The number of oxime groups is 1. The van der Waals surface area contributed by atoms with E-state index >= 15 is 0 Å². The van der Waals surface area contributed by atoms with Crippen LogP contribution in [0, 0.1) is 0 Å². The Morgan fingerprint density at radius 2 is 1.87 bits per heavy atom. The van der Waals surface area contributed by atoms with Gasteiger partial charge in [-0.2, -0.15) is 13.2 Å². The molecule has 1 rings (SSSR count). The molecule has 0 bridgehead atoms. The van der Waals surface area contributed by atoms with Crippen molar-refractivity contribution in [2.24, 2.45) is 5.16 Å². The first kappa shape index (κ1) is 11.6. The lowest BCUT2D eigenvalue weighted by Gasteiger charge is -2.06. The Hall–Kier alpha value is -1.52. The highest BCUT2D eigenvalue weighted by molar-refractivity contribution is 5.52. The molecule has 0 aliphatic carbocycles. The zero-order valence-corrected chi connectivity index (χ0v) is 8.08. The summed E-state index contributed by atoms with van der Waals surface area (Å²) >= 11 is 0. The van der Waals surface area contributed by atoms with Crippen LogP contribution in [0.25, 0.3) is 0 Å². The molecule has 0 atom stereocenters. The van der Waals surface area contributed by atoms with Gasteiger partial charge in [-0.15, -0.1) is 0 Å². The van der Waals surface area contributed by atoms with Crippen molar-refractivity contribution in [2.45, 2.75) is 19.7 Å². The van der Waals surface area contributed by atoms with Crippen LogP contribution >= 0.6 is 0 Å². The average molecular weight is 217 g/mol. The van der Waals surface area contributed by atoms with E-state index in [1.54, 1.807) is 6.92 Å². The Balaban J connectivity index is 2.64. The second-order valence-corrected chi connectivity index (χ2v) is 2.83. The van der Waals surface area contributed by atoms with E-state index in [2.05, 4.69) is 5.16 Å². The Kier molecular flexibility index (Phi) is 3.71. The van der Waals surface area contributed by atoms with Gasteiger partial charge in [0, 0.05) is 6.21 Å². The summed E-state index contributed by atoms with van der Waals surface area (Å²) in [6, 6.07) is 4.78. The van der Waals surface area contributed by atoms with Crippen LogP contribution < -0.4 is 0 Å². The van der Waals surface area contributed by atoms with Crippen LogP contribution in [0.5, 0.6) is 0 Å². The van der Waals surface area contributed by atoms with E-state index < -0.39 is 11.7 Å². The minimum Gasteiger partial charge on any atom is -0.391 e. The molecule has 0 heterocycles. The Labute approximate surface area is 85.4 Å². The summed E-state index contributed by atoms with van der Waals surface area (Å²) in [5.41, 5.74) is -0.0150. The average Bonchev–Trinajstić information content (AvgIpc) is 2.18. The molecule has 0 N–H and O–H groups in total. The minimum atomic E-state index is -4.29. The van der Waals surface area contributed by atoms with E-state index in [0.29, 0.717) is 5.56 Å². The standard InChI is InChI=1S/C10H10F3NO/c1-2-14-15-7-8-3-5-9(6-4-8)10(11,12)13/h2-6H,7H2,1H3. The monoisotopic (exact) mass is 217 g/mol. The first-order chi connectivity index (χ1) is 7.04. The molecule has 0 fully saturated rings. The summed E-state index contributed by atoms with van der Waals surface area (Å²) in [4.78, 5) is 4.78. The van der Waals surface area contributed by atoms with Gasteiger partial charge in [0.05, 0.1) is 5.56 Å². The first-order valence-electron chi connectivity index (χ1n) is 4.30. The maximum atomic E-state index is 12.2. The topological polar surface area (TPSA) is 21.6 Å². The van der Waals surface area contributed by atoms with Crippen LogP contribution in [0.4, 0.5) is 13.2 Å².